The second kappa shape index (κ2) is 6.98. The summed E-state index contributed by atoms with van der Waals surface area (Å²) in [4.78, 5) is 15.8. The summed E-state index contributed by atoms with van der Waals surface area (Å²) in [5.41, 5.74) is 2.76. The van der Waals surface area contributed by atoms with E-state index in [2.05, 4.69) is 15.6 Å². The number of halogens is 1. The molecule has 0 aliphatic rings. The van der Waals surface area contributed by atoms with Crippen LogP contribution in [0.25, 0.3) is 22.6 Å². The Morgan fingerprint density at radius 3 is 2.83 bits per heavy atom. The van der Waals surface area contributed by atoms with Gasteiger partial charge in [0.25, 0.3) is 0 Å². The van der Waals surface area contributed by atoms with Crippen molar-refractivity contribution in [3.05, 3.63) is 47.5 Å². The zero-order chi connectivity index (χ0) is 17.1. The summed E-state index contributed by atoms with van der Waals surface area (Å²) in [6.07, 6.45) is 0.358. The van der Waals surface area contributed by atoms with Gasteiger partial charge in [0.2, 0.25) is 11.8 Å². The number of amides is 1. The summed E-state index contributed by atoms with van der Waals surface area (Å²) in [5, 5.41) is 6.27. The Morgan fingerprint density at radius 1 is 1.29 bits per heavy atom. The molecule has 1 amide bonds. The van der Waals surface area contributed by atoms with E-state index in [9.17, 15) is 4.79 Å². The highest BCUT2D eigenvalue weighted by Crippen LogP contribution is 2.32. The van der Waals surface area contributed by atoms with Crippen LogP contribution in [-0.2, 0) is 4.79 Å². The van der Waals surface area contributed by atoms with Gasteiger partial charge in [-0.1, -0.05) is 30.7 Å². The predicted octanol–water partition coefficient (Wildman–Crippen LogP) is 4.37. The van der Waals surface area contributed by atoms with Gasteiger partial charge in [-0.25, -0.2) is 4.98 Å². The van der Waals surface area contributed by atoms with E-state index in [1.807, 2.05) is 24.3 Å². The van der Waals surface area contributed by atoms with Crippen molar-refractivity contribution in [1.82, 2.24) is 10.3 Å². The molecule has 5 nitrogen and oxygen atoms in total. The number of hydrogen-bond donors (Lipinski definition) is 2. The molecule has 2 aromatic carbocycles. The molecule has 0 radical (unpaired) electrons. The van der Waals surface area contributed by atoms with Crippen molar-refractivity contribution in [2.45, 2.75) is 13.3 Å². The summed E-state index contributed by atoms with van der Waals surface area (Å²) in [6.45, 7) is 1.76. The minimum absolute atomic E-state index is 0.152. The van der Waals surface area contributed by atoms with Gasteiger partial charge in [0.15, 0.2) is 10.7 Å². The molecule has 0 atom stereocenters. The van der Waals surface area contributed by atoms with E-state index in [-0.39, 0.29) is 11.0 Å². The van der Waals surface area contributed by atoms with Crippen LogP contribution in [0, 0.1) is 0 Å². The van der Waals surface area contributed by atoms with Crippen LogP contribution in [0.5, 0.6) is 0 Å². The molecule has 122 valence electrons. The molecule has 3 rings (SSSR count). The van der Waals surface area contributed by atoms with Crippen LogP contribution in [-0.4, -0.2) is 16.0 Å². The maximum Gasteiger partial charge on any atom is 0.228 e. The largest absolute Gasteiger partial charge is 0.436 e. The molecule has 1 heterocycles. The molecule has 0 aliphatic carbocycles. The van der Waals surface area contributed by atoms with Gasteiger partial charge in [0.1, 0.15) is 5.52 Å². The van der Waals surface area contributed by atoms with E-state index in [1.54, 1.807) is 25.1 Å². The third kappa shape index (κ3) is 3.55. The highest BCUT2D eigenvalue weighted by atomic mass is 35.5. The summed E-state index contributed by atoms with van der Waals surface area (Å²) in [5.74, 6) is 0.272. The van der Waals surface area contributed by atoms with Crippen LogP contribution in [0.4, 0.5) is 5.69 Å². The zero-order valence-corrected chi connectivity index (χ0v) is 14.4. The topological polar surface area (TPSA) is 67.2 Å². The zero-order valence-electron chi connectivity index (χ0n) is 12.8. The lowest BCUT2D eigenvalue weighted by molar-refractivity contribution is -0.119. The third-order valence-electron chi connectivity index (χ3n) is 3.32. The minimum Gasteiger partial charge on any atom is -0.436 e. The molecule has 1 aromatic heterocycles. The summed E-state index contributed by atoms with van der Waals surface area (Å²) < 4.78 is 5.75. The number of carbonyl (C=O) groups is 1. The van der Waals surface area contributed by atoms with Crippen LogP contribution in [0.15, 0.2) is 46.9 Å². The van der Waals surface area contributed by atoms with Gasteiger partial charge in [0.05, 0.1) is 10.6 Å². The molecule has 0 unspecified atom stereocenters. The van der Waals surface area contributed by atoms with Gasteiger partial charge in [0, 0.05) is 12.1 Å². The number of carbonyl (C=O) groups excluding carboxylic acids is 1. The summed E-state index contributed by atoms with van der Waals surface area (Å²) >= 11 is 11.4. The van der Waals surface area contributed by atoms with E-state index in [0.29, 0.717) is 34.2 Å². The monoisotopic (exact) mass is 359 g/mol. The molecule has 0 saturated heterocycles. The van der Waals surface area contributed by atoms with E-state index in [4.69, 9.17) is 28.2 Å². The van der Waals surface area contributed by atoms with Crippen LogP contribution in [0.1, 0.15) is 13.3 Å². The fourth-order valence-electron chi connectivity index (χ4n) is 2.13. The average molecular weight is 360 g/mol. The fraction of sp³-hybridized carbons (Fsp3) is 0.118. The summed E-state index contributed by atoms with van der Waals surface area (Å²) in [7, 11) is 0. The van der Waals surface area contributed by atoms with Crippen molar-refractivity contribution in [2.24, 2.45) is 0 Å². The number of benzene rings is 2. The van der Waals surface area contributed by atoms with Crippen LogP contribution in [0.2, 0.25) is 5.02 Å². The number of oxazole rings is 1. The molecule has 0 bridgehead atoms. The highest BCUT2D eigenvalue weighted by molar-refractivity contribution is 7.80. The molecule has 24 heavy (non-hydrogen) atoms. The Morgan fingerprint density at radius 2 is 2.08 bits per heavy atom. The van der Waals surface area contributed by atoms with Gasteiger partial charge in [-0.15, -0.1) is 0 Å². The fourth-order valence-corrected chi connectivity index (χ4v) is 2.56. The first-order chi connectivity index (χ1) is 11.6. The Bertz CT molecular complexity index is 890. The maximum absolute atomic E-state index is 11.4. The second-order valence-electron chi connectivity index (χ2n) is 5.04. The Balaban J connectivity index is 1.88. The Kier molecular flexibility index (Phi) is 4.78. The standard InChI is InChI=1S/C17H14ClN3O2S/c1-2-15(22)21-17(24)19-10-7-8-12(18)11(9-10)16-20-13-5-3-4-6-14(13)23-16/h3-9H,2H2,1H3,(H2,19,21,22,24). The number of thiocarbonyl (C=S) groups is 1. The lowest BCUT2D eigenvalue weighted by Crippen LogP contribution is -2.33. The number of fused-ring (bicyclic) bond motifs is 1. The number of nitrogens with zero attached hydrogens (tertiary/aromatic N) is 1. The number of aromatic nitrogens is 1. The van der Waals surface area contributed by atoms with Gasteiger partial charge in [-0.05, 0) is 42.5 Å². The average Bonchev–Trinajstić information content (AvgIpc) is 3.00. The first-order valence-electron chi connectivity index (χ1n) is 7.33. The van der Waals surface area contributed by atoms with Crippen molar-refractivity contribution in [3.63, 3.8) is 0 Å². The van der Waals surface area contributed by atoms with Crippen LogP contribution < -0.4 is 10.6 Å². The second-order valence-corrected chi connectivity index (χ2v) is 5.85. The molecule has 0 saturated carbocycles. The molecule has 0 spiro atoms. The third-order valence-corrected chi connectivity index (χ3v) is 3.86. The van der Waals surface area contributed by atoms with Gasteiger partial charge >= 0.3 is 0 Å². The van der Waals surface area contributed by atoms with Crippen molar-refractivity contribution in [1.29, 1.82) is 0 Å². The number of rotatable bonds is 3. The van der Waals surface area contributed by atoms with Crippen molar-refractivity contribution < 1.29 is 9.21 Å². The molecule has 0 aliphatic heterocycles. The Labute approximate surface area is 149 Å². The highest BCUT2D eigenvalue weighted by Gasteiger charge is 2.13. The van der Waals surface area contributed by atoms with Gasteiger partial charge < -0.3 is 15.1 Å². The minimum atomic E-state index is -0.152. The van der Waals surface area contributed by atoms with E-state index in [1.165, 1.54) is 0 Å². The van der Waals surface area contributed by atoms with Crippen LogP contribution >= 0.6 is 23.8 Å². The van der Waals surface area contributed by atoms with Crippen LogP contribution in [0.3, 0.4) is 0 Å². The quantitative estimate of drug-likeness (QED) is 0.679. The predicted molar refractivity (Wildman–Crippen MR) is 99.1 cm³/mol. The summed E-state index contributed by atoms with van der Waals surface area (Å²) in [6, 6.07) is 12.7. The normalized spacial score (nSPS) is 10.6. The molecular weight excluding hydrogens is 346 g/mol. The van der Waals surface area contributed by atoms with Crippen molar-refractivity contribution >= 4 is 51.6 Å². The number of anilines is 1. The number of hydrogen-bond acceptors (Lipinski definition) is 4. The van der Waals surface area contributed by atoms with Crippen molar-refractivity contribution in [3.8, 4) is 11.5 Å². The Hall–Kier alpha value is -2.44. The lowest BCUT2D eigenvalue weighted by atomic mass is 10.2. The maximum atomic E-state index is 11.4. The molecule has 0 fully saturated rings. The molecule has 3 aromatic rings. The molecule has 7 heteroatoms. The first kappa shape index (κ1) is 16.4. The first-order valence-corrected chi connectivity index (χ1v) is 8.11. The van der Waals surface area contributed by atoms with E-state index >= 15 is 0 Å². The number of para-hydroxylation sites is 2. The smallest absolute Gasteiger partial charge is 0.228 e. The SMILES string of the molecule is CCC(=O)NC(=S)Nc1ccc(Cl)c(-c2nc3ccccc3o2)c1. The molecular formula is C17H14ClN3O2S. The van der Waals surface area contributed by atoms with E-state index < -0.39 is 0 Å². The molecule has 2 N–H and O–H groups in total. The van der Waals surface area contributed by atoms with Crippen molar-refractivity contribution in [2.75, 3.05) is 5.32 Å². The van der Waals surface area contributed by atoms with Gasteiger partial charge in [-0.3, -0.25) is 4.79 Å². The van der Waals surface area contributed by atoms with E-state index in [0.717, 1.165) is 5.52 Å². The van der Waals surface area contributed by atoms with Gasteiger partial charge in [-0.2, -0.15) is 0 Å². The number of nitrogens with one attached hydrogen (secondary N) is 2. The lowest BCUT2D eigenvalue weighted by Gasteiger charge is -2.10.